The van der Waals surface area contributed by atoms with E-state index in [-0.39, 0.29) is 52.3 Å². The molecular formula is C72H101N9O6S2. The summed E-state index contributed by atoms with van der Waals surface area (Å²) in [6.07, 6.45) is 21.8. The fraction of sp³-hybridized carbons (Fsp3) is 0.597. The van der Waals surface area contributed by atoms with Crippen LogP contribution in [0.2, 0.25) is 0 Å². The number of Topliss-reactive ketones (excluding diaryl/α,β-unsaturated/α-hetero) is 1. The van der Waals surface area contributed by atoms with Gasteiger partial charge in [-0.15, -0.1) is 0 Å². The number of nitrogens with one attached hydrogen (secondary N) is 6. The van der Waals surface area contributed by atoms with Crippen LogP contribution in [0.25, 0.3) is 5.57 Å². The Bertz CT molecular complexity index is 3100. The Morgan fingerprint density at radius 2 is 1.72 bits per heavy atom. The SMILES string of the molecule is CNCC1CC23CC1CCNC(N)=NCSSCC1=C(CCc4cccc(CCc5ccccc5)c4)C(=CNC1N)Cc1cc(O)c(OC)cc1C(CO)=CC(=O)CC(=O)CC1CCC2C(CC2C4CCNCC4CC4C=CCNC42)(C1)CC3NCC(C)O. The molecule has 1 spiro atoms. The number of aliphatic hydroxyl groups excluding tert-OH is 2. The molecule has 13 N–H and O–H groups in total. The number of allylic oxidation sites excluding steroid dienone is 3. The van der Waals surface area contributed by atoms with E-state index < -0.39 is 18.9 Å². The summed E-state index contributed by atoms with van der Waals surface area (Å²) in [6.45, 7) is 6.65. The molecule has 4 saturated carbocycles. The highest BCUT2D eigenvalue weighted by atomic mass is 33.1. The molecule has 5 heterocycles. The number of ether oxygens (including phenoxy) is 1. The van der Waals surface area contributed by atoms with E-state index in [9.17, 15) is 24.9 Å². The van der Waals surface area contributed by atoms with Crippen molar-refractivity contribution in [1.82, 2.24) is 31.9 Å². The fourth-order valence-electron chi connectivity index (χ4n) is 18.6. The zero-order valence-corrected chi connectivity index (χ0v) is 54.6. The van der Waals surface area contributed by atoms with E-state index in [1.54, 1.807) is 33.7 Å². The largest absolute Gasteiger partial charge is 0.504 e. The Labute approximate surface area is 537 Å². The highest BCUT2D eigenvalue weighted by Crippen LogP contribution is 2.71. The zero-order valence-electron chi connectivity index (χ0n) is 53.0. The van der Waals surface area contributed by atoms with Crippen LogP contribution < -0.4 is 48.1 Å². The minimum absolute atomic E-state index is 0.000793. The number of ketones is 2. The summed E-state index contributed by atoms with van der Waals surface area (Å²) in [7, 11) is 6.92. The van der Waals surface area contributed by atoms with E-state index in [0.29, 0.717) is 108 Å². The molecule has 0 aromatic heterocycles. The van der Waals surface area contributed by atoms with E-state index in [4.69, 9.17) is 21.2 Å². The number of aromatic hydroxyl groups is 1. The lowest BCUT2D eigenvalue weighted by atomic mass is 9.52. The lowest BCUT2D eigenvalue weighted by Gasteiger charge is -2.55. The van der Waals surface area contributed by atoms with Gasteiger partial charge < -0.3 is 63.4 Å². The van der Waals surface area contributed by atoms with Crippen LogP contribution in [0.3, 0.4) is 0 Å². The van der Waals surface area contributed by atoms with Gasteiger partial charge in [0.15, 0.2) is 23.2 Å². The van der Waals surface area contributed by atoms with E-state index in [2.05, 4.69) is 106 Å². The molecule has 4 aliphatic carbocycles. The molecule has 0 radical (unpaired) electrons. The first-order valence-electron chi connectivity index (χ1n) is 33.5. The normalized spacial score (nSPS) is 32.4. The van der Waals surface area contributed by atoms with Crippen LogP contribution in [-0.4, -0.2) is 129 Å². The van der Waals surface area contributed by atoms with Gasteiger partial charge in [-0.2, -0.15) is 0 Å². The molecule has 14 unspecified atom stereocenters. The van der Waals surface area contributed by atoms with Gasteiger partial charge in [0.1, 0.15) is 5.78 Å². The average Bonchev–Trinajstić information content (AvgIpc) is 1.56. The van der Waals surface area contributed by atoms with Gasteiger partial charge in [-0.25, -0.2) is 4.99 Å². The van der Waals surface area contributed by atoms with Gasteiger partial charge in [0, 0.05) is 50.1 Å². The van der Waals surface area contributed by atoms with Gasteiger partial charge in [-0.3, -0.25) is 9.59 Å². The standard InChI is InChI=1S/C72H101N9O6S2/c1-45(83)38-79-67-37-71(36-62-60-21-23-76-40-53(60)27-50-13-8-22-77-68(50)62)33-49-17-19-66(71)72(67)34-51(56(35-72)39-75-2)20-24-78-70(74)81-44-89-88-43-63-59(18-16-48-12-7-11-47(25-48)15-14-46-9-5-4-6-10-46)54(41-80-69(63)73)28-52-30-64(86)65(87-3)32-61(52)55(42-82)29-58(85)31-57(84)26-49/h4-13,25,29-30,32,41,45,49-51,53,56,60,62,66-69,75-77,79-80,82-83,86H,14-24,26-28,31,33-40,42-44,73H2,1-3H3,(H3,74,78,81). The third kappa shape index (κ3) is 15.4. The maximum Gasteiger partial charge on any atom is 0.189 e. The maximum absolute atomic E-state index is 14.7. The molecule has 89 heavy (non-hydrogen) atoms. The first-order chi connectivity index (χ1) is 43.2. The third-order valence-electron chi connectivity index (χ3n) is 22.3. The number of hydrogen-bond acceptors (Lipinski definition) is 17. The first-order valence-corrected chi connectivity index (χ1v) is 36.0. The second kappa shape index (κ2) is 30.2. The Morgan fingerprint density at radius 3 is 2.52 bits per heavy atom. The van der Waals surface area contributed by atoms with E-state index in [0.717, 1.165) is 120 Å². The summed E-state index contributed by atoms with van der Waals surface area (Å²) in [5, 5.41) is 56.2. The molecule has 17 heteroatoms. The number of aliphatic hydroxyl groups is 2. The monoisotopic (exact) mass is 1250 g/mol. The number of guanidine groups is 1. The van der Waals surface area contributed by atoms with E-state index in [1.807, 2.05) is 13.1 Å². The summed E-state index contributed by atoms with van der Waals surface area (Å²) < 4.78 is 5.68. The number of nitrogens with two attached hydrogens (primary N) is 2. The van der Waals surface area contributed by atoms with Crippen LogP contribution >= 0.6 is 21.6 Å². The molecule has 7 bridgehead atoms. The molecule has 1 saturated heterocycles. The molecule has 3 aromatic carbocycles. The fourth-order valence-corrected chi connectivity index (χ4v) is 20.5. The predicted octanol–water partition coefficient (Wildman–Crippen LogP) is 8.53. The van der Waals surface area contributed by atoms with Gasteiger partial charge in [0.05, 0.1) is 38.3 Å². The van der Waals surface area contributed by atoms with Gasteiger partial charge in [-0.05, 0) is 256 Å². The molecule has 3 aromatic rings. The Hall–Kier alpha value is -4.95. The van der Waals surface area contributed by atoms with Crippen molar-refractivity contribution in [2.75, 3.05) is 71.7 Å². The van der Waals surface area contributed by atoms with Crippen LogP contribution in [0.15, 0.2) is 113 Å². The van der Waals surface area contributed by atoms with Gasteiger partial charge >= 0.3 is 0 Å². The number of rotatable bonds is 15. The lowest BCUT2D eigenvalue weighted by molar-refractivity contribution is -0.126. The van der Waals surface area contributed by atoms with Crippen molar-refractivity contribution < 1.29 is 29.6 Å². The summed E-state index contributed by atoms with van der Waals surface area (Å²) in [6, 6.07) is 23.4. The molecule has 9 aliphatic rings. The number of aryl methyl sites for hydroxylation is 3. The number of hydrogen-bond donors (Lipinski definition) is 11. The molecule has 5 aliphatic heterocycles. The summed E-state index contributed by atoms with van der Waals surface area (Å²) in [4.78, 5) is 34.1. The van der Waals surface area contributed by atoms with Crippen molar-refractivity contribution in [3.05, 3.63) is 136 Å². The predicted molar refractivity (Wildman–Crippen MR) is 362 cm³/mol. The number of piperidine rings is 1. The van der Waals surface area contributed by atoms with Crippen molar-refractivity contribution in [3.8, 4) is 11.5 Å². The second-order valence-electron chi connectivity index (χ2n) is 27.8. The number of carbonyl (C=O) groups excluding carboxylic acids is 2. The van der Waals surface area contributed by atoms with Crippen molar-refractivity contribution in [2.24, 2.45) is 74.6 Å². The quantitative estimate of drug-likeness (QED) is 0.0388. The number of dihydropyridines is 1. The molecule has 0 amide bonds. The zero-order chi connectivity index (χ0) is 62.1. The number of benzene rings is 3. The Balaban J connectivity index is 0.917. The first kappa shape index (κ1) is 65.5. The van der Waals surface area contributed by atoms with Crippen molar-refractivity contribution in [1.29, 1.82) is 0 Å². The minimum Gasteiger partial charge on any atom is -0.504 e. The number of phenols is 1. The van der Waals surface area contributed by atoms with Crippen LogP contribution in [0.4, 0.5) is 0 Å². The van der Waals surface area contributed by atoms with Gasteiger partial charge in [0.25, 0.3) is 0 Å². The number of nitrogens with zero attached hydrogens (tertiary/aromatic N) is 1. The number of aliphatic imine (C=N–C) groups is 1. The van der Waals surface area contributed by atoms with Gasteiger partial charge in [0.2, 0.25) is 0 Å². The van der Waals surface area contributed by atoms with Crippen LogP contribution in [-0.2, 0) is 35.3 Å². The molecule has 14 atom stereocenters. The molecule has 12 rings (SSSR count). The summed E-state index contributed by atoms with van der Waals surface area (Å²) in [5.41, 5.74) is 22.3. The average molecular weight is 1250 g/mol. The number of phenolic OH excluding ortho intramolecular Hbond substituents is 1. The van der Waals surface area contributed by atoms with E-state index >= 15 is 0 Å². The number of methoxy groups -OCH3 is 1. The summed E-state index contributed by atoms with van der Waals surface area (Å²) >= 11 is 0. The third-order valence-corrected chi connectivity index (χ3v) is 24.3. The van der Waals surface area contributed by atoms with Gasteiger partial charge in [-0.1, -0.05) is 88.3 Å². The highest BCUT2D eigenvalue weighted by Gasteiger charge is 2.67. The van der Waals surface area contributed by atoms with Crippen LogP contribution in [0.5, 0.6) is 11.5 Å². The maximum atomic E-state index is 14.7. The molecule has 482 valence electrons. The van der Waals surface area contributed by atoms with Crippen molar-refractivity contribution >= 4 is 44.7 Å². The minimum atomic E-state index is -0.485. The summed E-state index contributed by atoms with van der Waals surface area (Å²) in [5.74, 6) is 4.99. The van der Waals surface area contributed by atoms with Crippen molar-refractivity contribution in [3.63, 3.8) is 0 Å². The van der Waals surface area contributed by atoms with E-state index in [1.165, 1.54) is 42.7 Å². The molecule has 5 fully saturated rings. The Kier molecular flexibility index (Phi) is 22.2. The van der Waals surface area contributed by atoms with Crippen molar-refractivity contribution in [2.45, 2.75) is 140 Å². The van der Waals surface area contributed by atoms with Crippen LogP contribution in [0.1, 0.15) is 118 Å². The topological polar surface area (TPSA) is 241 Å². The lowest BCUT2D eigenvalue weighted by Crippen LogP contribution is -2.57. The highest BCUT2D eigenvalue weighted by molar-refractivity contribution is 8.76. The van der Waals surface area contributed by atoms with Crippen LogP contribution in [0, 0.1) is 58.2 Å². The smallest absolute Gasteiger partial charge is 0.189 e. The number of carbonyl (C=O) groups is 2. The second-order valence-corrected chi connectivity index (χ2v) is 30.2. The Morgan fingerprint density at radius 1 is 0.910 bits per heavy atom. The molecule has 15 nitrogen and oxygen atoms in total. The number of fused-ring (bicyclic) bond motifs is 14. The molecular weight excluding hydrogens is 1150 g/mol.